The molecule has 5 nitrogen and oxygen atoms in total. The molecule has 0 saturated heterocycles. The summed E-state index contributed by atoms with van der Waals surface area (Å²) in [5, 5.41) is 0. The second kappa shape index (κ2) is 8.63. The zero-order valence-corrected chi connectivity index (χ0v) is 10.3. The summed E-state index contributed by atoms with van der Waals surface area (Å²) in [5.41, 5.74) is 0.863. The molecule has 0 aliphatic rings. The minimum atomic E-state index is -0.605. The van der Waals surface area contributed by atoms with E-state index in [0.29, 0.717) is 6.29 Å². The first-order valence-corrected chi connectivity index (χ1v) is 5.71. The molecule has 0 saturated carbocycles. The van der Waals surface area contributed by atoms with Crippen LogP contribution in [-0.4, -0.2) is 25.0 Å². The van der Waals surface area contributed by atoms with Gasteiger partial charge in [0.2, 0.25) is 6.79 Å². The second-order valence-corrected chi connectivity index (χ2v) is 3.55. The molecule has 0 fully saturated rings. The van der Waals surface area contributed by atoms with Crippen molar-refractivity contribution in [1.82, 2.24) is 0 Å². The zero-order chi connectivity index (χ0) is 13.9. The van der Waals surface area contributed by atoms with Crippen LogP contribution in [0.25, 0.3) is 6.08 Å². The van der Waals surface area contributed by atoms with E-state index in [1.54, 1.807) is 6.08 Å². The van der Waals surface area contributed by atoms with E-state index in [1.807, 2.05) is 30.3 Å². The number of hydrogen-bond donors (Lipinski definition) is 0. The van der Waals surface area contributed by atoms with Gasteiger partial charge >= 0.3 is 11.9 Å². The highest BCUT2D eigenvalue weighted by Gasteiger charge is 2.03. The van der Waals surface area contributed by atoms with E-state index < -0.39 is 18.7 Å². The van der Waals surface area contributed by atoms with Crippen molar-refractivity contribution in [2.75, 3.05) is 6.79 Å². The third-order valence-electron chi connectivity index (χ3n) is 2.10. The highest BCUT2D eigenvalue weighted by atomic mass is 16.7. The van der Waals surface area contributed by atoms with Crippen molar-refractivity contribution in [3.05, 3.63) is 42.0 Å². The summed E-state index contributed by atoms with van der Waals surface area (Å²) in [4.78, 5) is 32.2. The Kier molecular flexibility index (Phi) is 6.65. The molecule has 5 heteroatoms. The van der Waals surface area contributed by atoms with Crippen molar-refractivity contribution in [1.29, 1.82) is 0 Å². The molecular weight excluding hydrogens is 248 g/mol. The molecule has 0 aromatic heterocycles. The van der Waals surface area contributed by atoms with E-state index >= 15 is 0 Å². The molecule has 0 bridgehead atoms. The van der Waals surface area contributed by atoms with Crippen LogP contribution >= 0.6 is 0 Å². The van der Waals surface area contributed by atoms with Crippen LogP contribution in [0.5, 0.6) is 0 Å². The first-order valence-electron chi connectivity index (χ1n) is 5.71. The van der Waals surface area contributed by atoms with Gasteiger partial charge in [0.25, 0.3) is 0 Å². The van der Waals surface area contributed by atoms with Gasteiger partial charge in [0.05, 0.1) is 6.42 Å². The summed E-state index contributed by atoms with van der Waals surface area (Å²) < 4.78 is 9.25. The van der Waals surface area contributed by atoms with Crippen LogP contribution < -0.4 is 0 Å². The average Bonchev–Trinajstić information content (AvgIpc) is 2.44. The first kappa shape index (κ1) is 14.6. The molecule has 0 N–H and O–H groups in total. The normalized spacial score (nSPS) is 10.1. The lowest BCUT2D eigenvalue weighted by Crippen LogP contribution is -2.11. The van der Waals surface area contributed by atoms with Crippen molar-refractivity contribution in [2.45, 2.75) is 12.8 Å². The molecule has 0 aliphatic heterocycles. The smallest absolute Gasteiger partial charge is 0.333 e. The molecule has 0 heterocycles. The molecule has 0 atom stereocenters. The maximum absolute atomic E-state index is 11.3. The molecular formula is C14H14O5. The number of benzene rings is 1. The van der Waals surface area contributed by atoms with E-state index in [1.165, 1.54) is 6.08 Å². The third kappa shape index (κ3) is 6.78. The Bertz CT molecular complexity index is 450. The van der Waals surface area contributed by atoms with Gasteiger partial charge in [-0.2, -0.15) is 0 Å². The van der Waals surface area contributed by atoms with Crippen molar-refractivity contribution >= 4 is 24.3 Å². The summed E-state index contributed by atoms with van der Waals surface area (Å²) in [6.45, 7) is -0.449. The first-order chi connectivity index (χ1) is 9.22. The fourth-order valence-corrected chi connectivity index (χ4v) is 1.18. The fourth-order valence-electron chi connectivity index (χ4n) is 1.18. The Balaban J connectivity index is 2.23. The van der Waals surface area contributed by atoms with E-state index in [9.17, 15) is 14.4 Å². The van der Waals surface area contributed by atoms with Crippen molar-refractivity contribution < 1.29 is 23.9 Å². The largest absolute Gasteiger partial charge is 0.428 e. The molecule has 19 heavy (non-hydrogen) atoms. The summed E-state index contributed by atoms with van der Waals surface area (Å²) in [7, 11) is 0. The second-order valence-electron chi connectivity index (χ2n) is 3.55. The predicted octanol–water partition coefficient (Wildman–Crippen LogP) is 1.72. The minimum absolute atomic E-state index is 0.0130. The Morgan fingerprint density at radius 3 is 2.53 bits per heavy atom. The van der Waals surface area contributed by atoms with E-state index in [-0.39, 0.29) is 12.8 Å². The van der Waals surface area contributed by atoms with Gasteiger partial charge < -0.3 is 14.3 Å². The lowest BCUT2D eigenvalue weighted by atomic mass is 10.2. The van der Waals surface area contributed by atoms with Crippen LogP contribution in [0.1, 0.15) is 18.4 Å². The number of rotatable bonds is 7. The molecule has 1 rings (SSSR count). The predicted molar refractivity (Wildman–Crippen MR) is 67.8 cm³/mol. The van der Waals surface area contributed by atoms with Crippen molar-refractivity contribution in [3.8, 4) is 0 Å². The average molecular weight is 262 g/mol. The van der Waals surface area contributed by atoms with Crippen molar-refractivity contribution in [3.63, 3.8) is 0 Å². The Morgan fingerprint density at radius 2 is 1.84 bits per heavy atom. The van der Waals surface area contributed by atoms with Crippen LogP contribution in [0.3, 0.4) is 0 Å². The van der Waals surface area contributed by atoms with Gasteiger partial charge in [-0.15, -0.1) is 0 Å². The lowest BCUT2D eigenvalue weighted by Gasteiger charge is -2.03. The van der Waals surface area contributed by atoms with Gasteiger partial charge in [-0.1, -0.05) is 30.3 Å². The van der Waals surface area contributed by atoms with E-state index in [0.717, 1.165) is 5.56 Å². The van der Waals surface area contributed by atoms with Gasteiger partial charge in [0, 0.05) is 12.5 Å². The Labute approximate surface area is 110 Å². The molecule has 0 unspecified atom stereocenters. The van der Waals surface area contributed by atoms with Gasteiger partial charge in [0.15, 0.2) is 0 Å². The summed E-state index contributed by atoms with van der Waals surface area (Å²) >= 11 is 0. The lowest BCUT2D eigenvalue weighted by molar-refractivity contribution is -0.164. The van der Waals surface area contributed by atoms with Gasteiger partial charge in [-0.25, -0.2) is 4.79 Å². The standard InChI is InChI=1S/C14H14O5/c15-10-4-7-13(16)18-11-19-14(17)9-8-12-5-2-1-3-6-12/h1-3,5-6,8-10H,4,7,11H2/b9-8+. The molecule has 0 spiro atoms. The topological polar surface area (TPSA) is 69.7 Å². The summed E-state index contributed by atoms with van der Waals surface area (Å²) in [6, 6.07) is 9.24. The van der Waals surface area contributed by atoms with Crippen LogP contribution in [0, 0.1) is 0 Å². The SMILES string of the molecule is O=CCCC(=O)OCOC(=O)/C=C/c1ccccc1. The number of carbonyl (C=O) groups is 3. The summed E-state index contributed by atoms with van der Waals surface area (Å²) in [6.07, 6.45) is 3.54. The highest BCUT2D eigenvalue weighted by molar-refractivity contribution is 5.87. The molecule has 1 aromatic carbocycles. The molecule has 100 valence electrons. The number of hydrogen-bond acceptors (Lipinski definition) is 5. The summed E-state index contributed by atoms with van der Waals surface area (Å²) in [5.74, 6) is -1.18. The maximum Gasteiger partial charge on any atom is 0.333 e. The molecule has 0 aliphatic carbocycles. The maximum atomic E-state index is 11.3. The monoisotopic (exact) mass is 262 g/mol. The van der Waals surface area contributed by atoms with Crippen molar-refractivity contribution in [2.24, 2.45) is 0 Å². The molecule has 0 radical (unpaired) electrons. The number of aldehydes is 1. The zero-order valence-electron chi connectivity index (χ0n) is 10.3. The number of ether oxygens (including phenoxy) is 2. The van der Waals surface area contributed by atoms with Crippen LogP contribution in [0.4, 0.5) is 0 Å². The third-order valence-corrected chi connectivity index (χ3v) is 2.10. The van der Waals surface area contributed by atoms with Crippen LogP contribution in [0.2, 0.25) is 0 Å². The van der Waals surface area contributed by atoms with E-state index in [4.69, 9.17) is 0 Å². The quantitative estimate of drug-likeness (QED) is 0.324. The Hall–Kier alpha value is -2.43. The highest BCUT2D eigenvalue weighted by Crippen LogP contribution is 2.01. The molecule has 1 aromatic rings. The van der Waals surface area contributed by atoms with Crippen LogP contribution in [0.15, 0.2) is 36.4 Å². The molecule has 0 amide bonds. The number of carbonyl (C=O) groups excluding carboxylic acids is 3. The minimum Gasteiger partial charge on any atom is -0.428 e. The van der Waals surface area contributed by atoms with E-state index in [2.05, 4.69) is 9.47 Å². The van der Waals surface area contributed by atoms with Gasteiger partial charge in [0.1, 0.15) is 6.29 Å². The van der Waals surface area contributed by atoms with Gasteiger partial charge in [-0.3, -0.25) is 4.79 Å². The number of esters is 2. The van der Waals surface area contributed by atoms with Gasteiger partial charge in [-0.05, 0) is 11.6 Å². The van der Waals surface area contributed by atoms with Crippen LogP contribution in [-0.2, 0) is 23.9 Å². The fraction of sp³-hybridized carbons (Fsp3) is 0.214. The Morgan fingerprint density at radius 1 is 1.11 bits per heavy atom.